The van der Waals surface area contributed by atoms with Gasteiger partial charge in [0.05, 0.1) is 27.7 Å². The first-order valence-electron chi connectivity index (χ1n) is 13.7. The lowest BCUT2D eigenvalue weighted by atomic mass is 10.0. The van der Waals surface area contributed by atoms with E-state index in [0.29, 0.717) is 11.0 Å². The number of unbranched alkanes of at least 4 members (excludes halogenated alkanes) is 15. The molecule has 0 aromatic rings. The molecule has 0 heterocycles. The standard InChI is InChI=1S/C26H56NO5P/c1-5-6-7-8-9-10-11-12-13-14-15-16-17-18-19-20-21-26(24-28)25-32-33(29,30)31-23-22-27(2,3)4/h26,28H,5-25H2,1-4H3/p+1. The van der Waals surface area contributed by atoms with Crippen molar-refractivity contribution in [3.8, 4) is 0 Å². The predicted octanol–water partition coefficient (Wildman–Crippen LogP) is 7.09. The van der Waals surface area contributed by atoms with Gasteiger partial charge in [-0.2, -0.15) is 0 Å². The van der Waals surface area contributed by atoms with Crippen LogP contribution in [0.2, 0.25) is 0 Å². The second kappa shape index (κ2) is 21.3. The lowest BCUT2D eigenvalue weighted by molar-refractivity contribution is -0.870. The minimum Gasteiger partial charge on any atom is -0.396 e. The monoisotopic (exact) mass is 494 g/mol. The van der Waals surface area contributed by atoms with E-state index in [9.17, 15) is 14.6 Å². The first-order valence-corrected chi connectivity index (χ1v) is 15.2. The third-order valence-electron chi connectivity index (χ3n) is 6.21. The van der Waals surface area contributed by atoms with E-state index in [2.05, 4.69) is 6.92 Å². The number of likely N-dealkylation sites (N-methyl/N-ethyl adjacent to an activating group) is 1. The van der Waals surface area contributed by atoms with Gasteiger partial charge in [-0.1, -0.05) is 110 Å². The van der Waals surface area contributed by atoms with Gasteiger partial charge in [-0.05, 0) is 6.42 Å². The number of quaternary nitrogens is 1. The van der Waals surface area contributed by atoms with Crippen LogP contribution in [0.4, 0.5) is 0 Å². The minimum atomic E-state index is -4.04. The van der Waals surface area contributed by atoms with Crippen LogP contribution in [0.1, 0.15) is 116 Å². The van der Waals surface area contributed by atoms with Crippen LogP contribution in [0.15, 0.2) is 0 Å². The molecule has 33 heavy (non-hydrogen) atoms. The largest absolute Gasteiger partial charge is 0.472 e. The van der Waals surface area contributed by atoms with Crippen molar-refractivity contribution in [1.82, 2.24) is 0 Å². The van der Waals surface area contributed by atoms with Gasteiger partial charge in [0.1, 0.15) is 13.2 Å². The molecule has 0 amide bonds. The molecule has 2 N–H and O–H groups in total. The van der Waals surface area contributed by atoms with Crippen molar-refractivity contribution >= 4 is 7.82 Å². The van der Waals surface area contributed by atoms with Crippen LogP contribution in [-0.4, -0.2) is 62.0 Å². The summed E-state index contributed by atoms with van der Waals surface area (Å²) in [6.45, 7) is 3.09. The van der Waals surface area contributed by atoms with Crippen LogP contribution >= 0.6 is 7.82 Å². The third-order valence-corrected chi connectivity index (χ3v) is 7.20. The lowest BCUT2D eigenvalue weighted by Crippen LogP contribution is -2.37. The highest BCUT2D eigenvalue weighted by Gasteiger charge is 2.24. The van der Waals surface area contributed by atoms with E-state index in [-0.39, 0.29) is 25.7 Å². The number of hydrogen-bond acceptors (Lipinski definition) is 4. The zero-order valence-electron chi connectivity index (χ0n) is 22.4. The number of hydrogen-bond donors (Lipinski definition) is 2. The fourth-order valence-electron chi connectivity index (χ4n) is 3.88. The number of aliphatic hydroxyl groups is 1. The molecule has 0 saturated heterocycles. The molecule has 0 aliphatic rings. The van der Waals surface area contributed by atoms with Crippen LogP contribution < -0.4 is 0 Å². The Morgan fingerprint density at radius 1 is 0.727 bits per heavy atom. The fraction of sp³-hybridized carbons (Fsp3) is 1.00. The Bertz CT molecular complexity index is 470. The predicted molar refractivity (Wildman–Crippen MR) is 139 cm³/mol. The highest BCUT2D eigenvalue weighted by atomic mass is 31.2. The molecule has 0 aromatic carbocycles. The summed E-state index contributed by atoms with van der Waals surface area (Å²) in [5.41, 5.74) is 0. The summed E-state index contributed by atoms with van der Waals surface area (Å²) in [6.07, 6.45) is 22.2. The van der Waals surface area contributed by atoms with Crippen molar-refractivity contribution in [3.63, 3.8) is 0 Å². The van der Waals surface area contributed by atoms with Gasteiger partial charge in [-0.25, -0.2) is 4.57 Å². The number of phosphoric acid groups is 1. The minimum absolute atomic E-state index is 0.0301. The SMILES string of the molecule is CCCCCCCCCCCCCCCCCCC(CO)COP(=O)(O)OCC[N+](C)(C)C. The van der Waals surface area contributed by atoms with E-state index in [4.69, 9.17) is 9.05 Å². The van der Waals surface area contributed by atoms with Crippen LogP contribution in [0.25, 0.3) is 0 Å². The maximum Gasteiger partial charge on any atom is 0.472 e. The molecule has 0 bridgehead atoms. The summed E-state index contributed by atoms with van der Waals surface area (Å²) < 4.78 is 22.7. The Hall–Kier alpha value is 0.0300. The molecule has 6 nitrogen and oxygen atoms in total. The molecule has 2 unspecified atom stereocenters. The van der Waals surface area contributed by atoms with Crippen molar-refractivity contribution in [1.29, 1.82) is 0 Å². The molecular formula is C26H57NO5P+. The molecule has 2 atom stereocenters. The Kier molecular flexibility index (Phi) is 21.3. The van der Waals surface area contributed by atoms with Gasteiger partial charge >= 0.3 is 7.82 Å². The number of nitrogens with zero attached hydrogens (tertiary/aromatic N) is 1. The van der Waals surface area contributed by atoms with Crippen molar-refractivity contribution in [2.24, 2.45) is 5.92 Å². The van der Waals surface area contributed by atoms with Crippen LogP contribution in [0, 0.1) is 5.92 Å². The molecular weight excluding hydrogens is 437 g/mol. The Labute approximate surface area is 205 Å². The summed E-state index contributed by atoms with van der Waals surface area (Å²) in [4.78, 5) is 9.79. The highest BCUT2D eigenvalue weighted by Crippen LogP contribution is 2.43. The fourth-order valence-corrected chi connectivity index (χ4v) is 4.66. The van der Waals surface area contributed by atoms with Crippen LogP contribution in [-0.2, 0) is 13.6 Å². The molecule has 0 spiro atoms. The molecule has 0 aliphatic carbocycles. The van der Waals surface area contributed by atoms with Crippen molar-refractivity contribution in [2.75, 3.05) is 47.5 Å². The van der Waals surface area contributed by atoms with Gasteiger partial charge in [0, 0.05) is 12.5 Å². The zero-order valence-corrected chi connectivity index (χ0v) is 23.3. The Morgan fingerprint density at radius 2 is 1.15 bits per heavy atom. The quantitative estimate of drug-likeness (QED) is 0.0805. The third kappa shape index (κ3) is 24.9. The highest BCUT2D eigenvalue weighted by molar-refractivity contribution is 7.47. The van der Waals surface area contributed by atoms with Crippen molar-refractivity contribution in [2.45, 2.75) is 116 Å². The lowest BCUT2D eigenvalue weighted by Gasteiger charge is -2.24. The van der Waals surface area contributed by atoms with E-state index in [0.717, 1.165) is 19.3 Å². The van der Waals surface area contributed by atoms with E-state index in [1.807, 2.05) is 21.1 Å². The molecule has 200 valence electrons. The average molecular weight is 495 g/mol. The molecule has 0 saturated carbocycles. The second-order valence-electron chi connectivity index (χ2n) is 10.8. The van der Waals surface area contributed by atoms with Gasteiger partial charge in [-0.3, -0.25) is 9.05 Å². The summed E-state index contributed by atoms with van der Waals surface area (Å²) in [7, 11) is 1.93. The molecule has 0 fully saturated rings. The maximum atomic E-state index is 12.0. The first-order chi connectivity index (χ1) is 15.7. The van der Waals surface area contributed by atoms with Crippen LogP contribution in [0.5, 0.6) is 0 Å². The van der Waals surface area contributed by atoms with E-state index in [1.54, 1.807) is 0 Å². The van der Waals surface area contributed by atoms with Crippen LogP contribution in [0.3, 0.4) is 0 Å². The molecule has 0 aromatic heterocycles. The zero-order chi connectivity index (χ0) is 24.8. The first kappa shape index (κ1) is 33.0. The van der Waals surface area contributed by atoms with Gasteiger partial charge in [0.15, 0.2) is 0 Å². The number of rotatable bonds is 25. The molecule has 0 aliphatic heterocycles. The molecule has 0 radical (unpaired) electrons. The summed E-state index contributed by atoms with van der Waals surface area (Å²) in [5, 5.41) is 9.54. The smallest absolute Gasteiger partial charge is 0.396 e. The van der Waals surface area contributed by atoms with Gasteiger partial charge in [0.25, 0.3) is 0 Å². The Morgan fingerprint density at radius 3 is 1.55 bits per heavy atom. The van der Waals surface area contributed by atoms with Crippen molar-refractivity contribution in [3.05, 3.63) is 0 Å². The van der Waals surface area contributed by atoms with E-state index < -0.39 is 7.82 Å². The number of phosphoric ester groups is 1. The van der Waals surface area contributed by atoms with Crippen molar-refractivity contribution < 1.29 is 28.1 Å². The van der Waals surface area contributed by atoms with E-state index >= 15 is 0 Å². The van der Waals surface area contributed by atoms with E-state index in [1.165, 1.54) is 89.9 Å². The van der Waals surface area contributed by atoms with Gasteiger partial charge < -0.3 is 14.5 Å². The maximum absolute atomic E-state index is 12.0. The normalized spacial score (nSPS) is 15.0. The van der Waals surface area contributed by atoms with Gasteiger partial charge in [-0.15, -0.1) is 0 Å². The van der Waals surface area contributed by atoms with Gasteiger partial charge in [0.2, 0.25) is 0 Å². The molecule has 7 heteroatoms. The topological polar surface area (TPSA) is 76.0 Å². The number of aliphatic hydroxyl groups excluding tert-OH is 1. The second-order valence-corrected chi connectivity index (χ2v) is 12.2. The average Bonchev–Trinajstić information content (AvgIpc) is 2.74. The Balaban J connectivity index is 3.53. The molecule has 0 rings (SSSR count). The summed E-state index contributed by atoms with van der Waals surface area (Å²) >= 11 is 0. The summed E-state index contributed by atoms with van der Waals surface area (Å²) in [5.74, 6) is -0.112. The summed E-state index contributed by atoms with van der Waals surface area (Å²) in [6, 6.07) is 0.